The van der Waals surface area contributed by atoms with Gasteiger partial charge >= 0.3 is 6.03 Å². The highest BCUT2D eigenvalue weighted by Gasteiger charge is 2.07. The maximum atomic E-state index is 12.0. The number of urea groups is 1. The fourth-order valence-electron chi connectivity index (χ4n) is 2.67. The van der Waals surface area contributed by atoms with Gasteiger partial charge < -0.3 is 15.7 Å². The number of carbonyl (C=O) groups excluding carboxylic acids is 1. The minimum Gasteiger partial charge on any atom is -0.392 e. The molecule has 0 radical (unpaired) electrons. The Morgan fingerprint density at radius 1 is 1.00 bits per heavy atom. The summed E-state index contributed by atoms with van der Waals surface area (Å²) in [5.74, 6) is 0. The van der Waals surface area contributed by atoms with Crippen molar-refractivity contribution >= 4 is 11.7 Å². The van der Waals surface area contributed by atoms with E-state index in [1.54, 1.807) is 0 Å². The number of aryl methyl sites for hydroxylation is 3. The summed E-state index contributed by atoms with van der Waals surface area (Å²) in [6.07, 6.45) is 0.755. The van der Waals surface area contributed by atoms with Crippen molar-refractivity contribution in [3.8, 4) is 0 Å². The summed E-state index contributed by atoms with van der Waals surface area (Å²) in [4.78, 5) is 12.0. The van der Waals surface area contributed by atoms with Gasteiger partial charge in [-0.3, -0.25) is 0 Å². The number of aliphatic hydroxyl groups is 1. The molecule has 0 aliphatic rings. The minimum absolute atomic E-state index is 0.0518. The quantitative estimate of drug-likeness (QED) is 0.791. The maximum Gasteiger partial charge on any atom is 0.319 e. The van der Waals surface area contributed by atoms with E-state index in [4.69, 9.17) is 5.11 Å². The molecule has 0 saturated heterocycles. The van der Waals surface area contributed by atoms with Crippen molar-refractivity contribution in [2.24, 2.45) is 0 Å². The Labute approximate surface area is 137 Å². The third-order valence-electron chi connectivity index (χ3n) is 3.82. The zero-order valence-electron chi connectivity index (χ0n) is 13.9. The van der Waals surface area contributed by atoms with Crippen LogP contribution in [0.25, 0.3) is 0 Å². The molecular weight excluding hydrogens is 288 g/mol. The van der Waals surface area contributed by atoms with Crippen molar-refractivity contribution in [3.63, 3.8) is 0 Å². The number of hydrogen-bond donors (Lipinski definition) is 3. The Kier molecular flexibility index (Phi) is 5.77. The average Bonchev–Trinajstić information content (AvgIpc) is 2.51. The lowest BCUT2D eigenvalue weighted by Crippen LogP contribution is -2.31. The number of rotatable bonds is 5. The number of amides is 2. The van der Waals surface area contributed by atoms with Gasteiger partial charge in [0.15, 0.2) is 0 Å². The van der Waals surface area contributed by atoms with Crippen LogP contribution in [0.3, 0.4) is 0 Å². The van der Waals surface area contributed by atoms with Gasteiger partial charge in [0.05, 0.1) is 6.61 Å². The van der Waals surface area contributed by atoms with E-state index >= 15 is 0 Å². The number of aliphatic hydroxyl groups excluding tert-OH is 1. The fraction of sp³-hybridized carbons (Fsp3) is 0.316. The van der Waals surface area contributed by atoms with Gasteiger partial charge in [-0.05, 0) is 49.4 Å². The Hall–Kier alpha value is -2.33. The molecule has 0 aliphatic heterocycles. The zero-order chi connectivity index (χ0) is 16.8. The van der Waals surface area contributed by atoms with E-state index < -0.39 is 0 Å². The van der Waals surface area contributed by atoms with Gasteiger partial charge in [-0.15, -0.1) is 0 Å². The second kappa shape index (κ2) is 7.79. The van der Waals surface area contributed by atoms with Crippen molar-refractivity contribution in [1.29, 1.82) is 0 Å². The Morgan fingerprint density at radius 2 is 1.57 bits per heavy atom. The first-order chi connectivity index (χ1) is 11.0. The number of hydrogen-bond acceptors (Lipinski definition) is 2. The molecule has 2 aromatic rings. The monoisotopic (exact) mass is 312 g/mol. The van der Waals surface area contributed by atoms with Crippen molar-refractivity contribution in [2.45, 2.75) is 33.8 Å². The van der Waals surface area contributed by atoms with Crippen LogP contribution in [0.5, 0.6) is 0 Å². The van der Waals surface area contributed by atoms with E-state index in [0.717, 1.165) is 34.4 Å². The molecular formula is C19H24N2O2. The largest absolute Gasteiger partial charge is 0.392 e. The third-order valence-corrected chi connectivity index (χ3v) is 3.82. The van der Waals surface area contributed by atoms with Crippen LogP contribution >= 0.6 is 0 Å². The van der Waals surface area contributed by atoms with E-state index in [1.807, 2.05) is 45.0 Å². The number of benzene rings is 2. The van der Waals surface area contributed by atoms with Gasteiger partial charge in [0.1, 0.15) is 0 Å². The molecule has 0 fully saturated rings. The first-order valence-corrected chi connectivity index (χ1v) is 7.81. The average molecular weight is 312 g/mol. The van der Waals surface area contributed by atoms with Gasteiger partial charge in [-0.25, -0.2) is 4.79 Å². The first kappa shape index (κ1) is 17.0. The molecule has 2 aromatic carbocycles. The molecule has 0 bridgehead atoms. The highest BCUT2D eigenvalue weighted by atomic mass is 16.3. The number of carbonyl (C=O) groups is 1. The lowest BCUT2D eigenvalue weighted by molar-refractivity contribution is 0.252. The van der Waals surface area contributed by atoms with Crippen LogP contribution in [0.15, 0.2) is 36.4 Å². The molecule has 0 atom stereocenters. The summed E-state index contributed by atoms with van der Waals surface area (Å²) < 4.78 is 0. The predicted molar refractivity (Wildman–Crippen MR) is 93.7 cm³/mol. The molecule has 0 saturated carbocycles. The van der Waals surface area contributed by atoms with Crippen LogP contribution in [-0.2, 0) is 13.0 Å². The number of anilines is 1. The van der Waals surface area contributed by atoms with E-state index in [9.17, 15) is 4.79 Å². The van der Waals surface area contributed by atoms with Crippen molar-refractivity contribution < 1.29 is 9.90 Å². The predicted octanol–water partition coefficient (Wildman–Crippen LogP) is 3.47. The topological polar surface area (TPSA) is 61.4 Å². The van der Waals surface area contributed by atoms with Crippen LogP contribution < -0.4 is 10.6 Å². The molecule has 0 heterocycles. The summed E-state index contributed by atoms with van der Waals surface area (Å²) in [6, 6.07) is 11.7. The zero-order valence-corrected chi connectivity index (χ0v) is 13.9. The highest BCUT2D eigenvalue weighted by molar-refractivity contribution is 5.91. The Bertz CT molecular complexity index is 655. The van der Waals surface area contributed by atoms with Crippen LogP contribution in [0.4, 0.5) is 10.5 Å². The second-order valence-electron chi connectivity index (χ2n) is 5.88. The summed E-state index contributed by atoms with van der Waals surface area (Å²) in [6.45, 7) is 6.66. The fourth-order valence-corrected chi connectivity index (χ4v) is 2.67. The Morgan fingerprint density at radius 3 is 2.13 bits per heavy atom. The molecule has 0 spiro atoms. The van der Waals surface area contributed by atoms with Crippen molar-refractivity contribution in [3.05, 3.63) is 64.2 Å². The highest BCUT2D eigenvalue weighted by Crippen LogP contribution is 2.21. The summed E-state index contributed by atoms with van der Waals surface area (Å²) >= 11 is 0. The van der Waals surface area contributed by atoms with Crippen LogP contribution in [0.1, 0.15) is 27.8 Å². The molecule has 4 nitrogen and oxygen atoms in total. The molecule has 2 rings (SSSR count). The normalized spacial score (nSPS) is 10.4. The SMILES string of the molecule is Cc1cc(C)c(NC(=O)NCCc2ccc(CO)cc2)c(C)c1. The molecule has 0 unspecified atom stereocenters. The molecule has 0 aliphatic carbocycles. The summed E-state index contributed by atoms with van der Waals surface area (Å²) in [7, 11) is 0. The van der Waals surface area contributed by atoms with Crippen molar-refractivity contribution in [2.75, 3.05) is 11.9 Å². The Balaban J connectivity index is 1.85. The van der Waals surface area contributed by atoms with Gasteiger partial charge in [-0.2, -0.15) is 0 Å². The van der Waals surface area contributed by atoms with Gasteiger partial charge in [-0.1, -0.05) is 42.0 Å². The van der Waals surface area contributed by atoms with E-state index in [-0.39, 0.29) is 12.6 Å². The van der Waals surface area contributed by atoms with Gasteiger partial charge in [0.2, 0.25) is 0 Å². The maximum absolute atomic E-state index is 12.0. The molecule has 2 amide bonds. The van der Waals surface area contributed by atoms with Crippen LogP contribution in [0.2, 0.25) is 0 Å². The summed E-state index contributed by atoms with van der Waals surface area (Å²) in [5.41, 5.74) is 6.22. The van der Waals surface area contributed by atoms with Crippen molar-refractivity contribution in [1.82, 2.24) is 5.32 Å². The third kappa shape index (κ3) is 4.83. The lowest BCUT2D eigenvalue weighted by Gasteiger charge is -2.13. The van der Waals surface area contributed by atoms with E-state index in [0.29, 0.717) is 6.54 Å². The minimum atomic E-state index is -0.188. The van der Waals surface area contributed by atoms with Gasteiger partial charge in [0.25, 0.3) is 0 Å². The molecule has 23 heavy (non-hydrogen) atoms. The van der Waals surface area contributed by atoms with Crippen LogP contribution in [-0.4, -0.2) is 17.7 Å². The van der Waals surface area contributed by atoms with E-state index in [2.05, 4.69) is 22.8 Å². The smallest absolute Gasteiger partial charge is 0.319 e. The molecule has 4 heteroatoms. The molecule has 3 N–H and O–H groups in total. The van der Waals surface area contributed by atoms with E-state index in [1.165, 1.54) is 5.56 Å². The summed E-state index contributed by atoms with van der Waals surface area (Å²) in [5, 5.41) is 14.8. The first-order valence-electron chi connectivity index (χ1n) is 7.81. The lowest BCUT2D eigenvalue weighted by atomic mass is 10.1. The number of nitrogens with one attached hydrogen (secondary N) is 2. The second-order valence-corrected chi connectivity index (χ2v) is 5.88. The van der Waals surface area contributed by atoms with Crippen LogP contribution in [0, 0.1) is 20.8 Å². The standard InChI is InChI=1S/C19H24N2O2/c1-13-10-14(2)18(15(3)11-13)21-19(23)20-9-8-16-4-6-17(12-22)7-5-16/h4-7,10-11,22H,8-9,12H2,1-3H3,(H2,20,21,23). The van der Waals surface area contributed by atoms with Gasteiger partial charge in [0, 0.05) is 12.2 Å². The molecule has 0 aromatic heterocycles. The molecule has 122 valence electrons.